The molecule has 2 aromatic heterocycles. The van der Waals surface area contributed by atoms with Crippen molar-refractivity contribution in [1.29, 1.82) is 0 Å². The molecule has 0 bridgehead atoms. The number of nitrogens with one attached hydrogen (secondary N) is 1. The van der Waals surface area contributed by atoms with Crippen LogP contribution in [0.4, 0.5) is 10.5 Å². The van der Waals surface area contributed by atoms with Gasteiger partial charge in [0.25, 0.3) is 5.91 Å². The number of thiophene rings is 1. The average Bonchev–Trinajstić information content (AvgIpc) is 3.54. The molecule has 2 saturated heterocycles. The van der Waals surface area contributed by atoms with Crippen LogP contribution in [0.3, 0.4) is 0 Å². The van der Waals surface area contributed by atoms with E-state index in [-0.39, 0.29) is 30.8 Å². The Morgan fingerprint density at radius 2 is 1.88 bits per heavy atom. The Balaban J connectivity index is 1.14. The van der Waals surface area contributed by atoms with Crippen molar-refractivity contribution in [3.63, 3.8) is 0 Å². The predicted molar refractivity (Wildman–Crippen MR) is 154 cm³/mol. The molecule has 3 aromatic rings. The summed E-state index contributed by atoms with van der Waals surface area (Å²) >= 11 is 1.33. The van der Waals surface area contributed by atoms with Gasteiger partial charge in [-0.05, 0) is 62.5 Å². The fraction of sp³-hybridized carbons (Fsp3) is 0.467. The van der Waals surface area contributed by atoms with Crippen molar-refractivity contribution < 1.29 is 23.9 Å². The summed E-state index contributed by atoms with van der Waals surface area (Å²) in [6.07, 6.45) is 8.09. The molecular formula is C30H35N5O5S. The van der Waals surface area contributed by atoms with Crippen LogP contribution in [0.25, 0.3) is 10.4 Å². The lowest BCUT2D eigenvalue weighted by atomic mass is 9.95. The number of aromatic nitrogens is 2. The monoisotopic (exact) mass is 577 g/mol. The molecule has 0 radical (unpaired) electrons. The summed E-state index contributed by atoms with van der Waals surface area (Å²) in [5.41, 5.74) is 10.2. The van der Waals surface area contributed by atoms with Gasteiger partial charge in [0.2, 0.25) is 5.91 Å². The largest absolute Gasteiger partial charge is 0.445 e. The van der Waals surface area contributed by atoms with Crippen LogP contribution in [0.2, 0.25) is 0 Å². The fourth-order valence-electron chi connectivity index (χ4n) is 5.90. The first kappa shape index (κ1) is 27.5. The van der Waals surface area contributed by atoms with Crippen LogP contribution in [-0.4, -0.2) is 52.3 Å². The van der Waals surface area contributed by atoms with Gasteiger partial charge in [-0.15, -0.1) is 11.3 Å². The van der Waals surface area contributed by atoms with Crippen LogP contribution in [-0.2, 0) is 33.7 Å². The van der Waals surface area contributed by atoms with Gasteiger partial charge in [0.1, 0.15) is 17.7 Å². The molecular weight excluding hydrogens is 542 g/mol. The Bertz CT molecular complexity index is 1420. The molecule has 1 aromatic carbocycles. The Morgan fingerprint density at radius 1 is 1.07 bits per heavy atom. The minimum absolute atomic E-state index is 0.0737. The SMILES string of the molecule is NC(=O)c1sc2c(c1NC(=O)C1CCN(C(=O)OCc3ccccc3)CC1)CCCc1nn(C3CCCCO3)cc1-2. The van der Waals surface area contributed by atoms with Crippen LogP contribution in [0, 0.1) is 5.92 Å². The molecule has 4 heterocycles. The van der Waals surface area contributed by atoms with E-state index in [1.165, 1.54) is 11.3 Å². The van der Waals surface area contributed by atoms with Crippen LogP contribution < -0.4 is 11.1 Å². The first-order chi connectivity index (χ1) is 20.0. The summed E-state index contributed by atoms with van der Waals surface area (Å²) in [5.74, 6) is -0.989. The van der Waals surface area contributed by atoms with Gasteiger partial charge in [-0.1, -0.05) is 30.3 Å². The van der Waals surface area contributed by atoms with E-state index in [0.717, 1.165) is 72.4 Å². The lowest BCUT2D eigenvalue weighted by molar-refractivity contribution is -0.121. The quantitative estimate of drug-likeness (QED) is 0.430. The standard InChI is InChI=1S/C30H35N5O5S/c31-28(36)27-25(21-9-6-10-23-22(26(21)41-27)17-35(33-23)24-11-4-5-16-39-24)32-29(37)20-12-14-34(15-13-20)30(38)40-18-19-7-2-1-3-8-19/h1-3,7-8,17,20,24H,4-6,9-16,18H2,(H2,31,36)(H,32,37). The summed E-state index contributed by atoms with van der Waals surface area (Å²) in [5, 5.41) is 7.93. The minimum atomic E-state index is -0.557. The molecule has 11 heteroatoms. The van der Waals surface area contributed by atoms with Gasteiger partial charge in [-0.25, -0.2) is 9.48 Å². The van der Waals surface area contributed by atoms with Crippen molar-refractivity contribution in [2.45, 2.75) is 64.2 Å². The van der Waals surface area contributed by atoms with Crippen molar-refractivity contribution in [2.75, 3.05) is 25.0 Å². The van der Waals surface area contributed by atoms with Crippen molar-refractivity contribution in [3.05, 3.63) is 58.2 Å². The van der Waals surface area contributed by atoms with Crippen molar-refractivity contribution in [1.82, 2.24) is 14.7 Å². The number of amides is 3. The second kappa shape index (κ2) is 12.0. The second-order valence-corrected chi connectivity index (χ2v) is 11.9. The van der Waals surface area contributed by atoms with E-state index in [1.807, 2.05) is 41.2 Å². The highest BCUT2D eigenvalue weighted by atomic mass is 32.1. The van der Waals surface area contributed by atoms with Crippen molar-refractivity contribution in [3.8, 4) is 10.4 Å². The zero-order valence-corrected chi connectivity index (χ0v) is 23.8. The predicted octanol–water partition coefficient (Wildman–Crippen LogP) is 4.89. The topological polar surface area (TPSA) is 129 Å². The zero-order chi connectivity index (χ0) is 28.3. The molecule has 216 valence electrons. The number of carbonyl (C=O) groups excluding carboxylic acids is 3. The highest BCUT2D eigenvalue weighted by Crippen LogP contribution is 2.45. The number of nitrogens with two attached hydrogens (primary N) is 1. The van der Waals surface area contributed by atoms with E-state index >= 15 is 0 Å². The summed E-state index contributed by atoms with van der Waals surface area (Å²) in [7, 11) is 0. The lowest BCUT2D eigenvalue weighted by Gasteiger charge is -2.30. The molecule has 10 nitrogen and oxygen atoms in total. The normalized spacial score (nSPS) is 19.1. The summed E-state index contributed by atoms with van der Waals surface area (Å²) in [6.45, 7) is 1.81. The van der Waals surface area contributed by atoms with Crippen LogP contribution in [0.1, 0.15) is 71.2 Å². The maximum Gasteiger partial charge on any atom is 0.410 e. The summed E-state index contributed by atoms with van der Waals surface area (Å²) in [4.78, 5) is 41.5. The van der Waals surface area contributed by atoms with Gasteiger partial charge >= 0.3 is 6.09 Å². The lowest BCUT2D eigenvalue weighted by Crippen LogP contribution is -2.41. The number of carbonyl (C=O) groups is 3. The number of nitrogens with zero attached hydrogens (tertiary/aromatic N) is 3. The van der Waals surface area contributed by atoms with Gasteiger partial charge in [0.15, 0.2) is 0 Å². The summed E-state index contributed by atoms with van der Waals surface area (Å²) < 4.78 is 13.3. The molecule has 1 atom stereocenters. The smallest absolute Gasteiger partial charge is 0.410 e. The van der Waals surface area contributed by atoms with Crippen molar-refractivity contribution >= 4 is 34.9 Å². The molecule has 2 aliphatic heterocycles. The minimum Gasteiger partial charge on any atom is -0.445 e. The molecule has 1 unspecified atom stereocenters. The van der Waals surface area contributed by atoms with Crippen LogP contribution in [0.15, 0.2) is 36.5 Å². The first-order valence-electron chi connectivity index (χ1n) is 14.4. The molecule has 1 aliphatic carbocycles. The molecule has 41 heavy (non-hydrogen) atoms. The van der Waals surface area contributed by atoms with Gasteiger partial charge in [0, 0.05) is 42.3 Å². The van der Waals surface area contributed by atoms with E-state index in [1.54, 1.807) is 4.90 Å². The van der Waals surface area contributed by atoms with E-state index in [0.29, 0.717) is 36.5 Å². The number of aryl methyl sites for hydroxylation is 1. The van der Waals surface area contributed by atoms with E-state index in [4.69, 9.17) is 20.3 Å². The number of hydrogen-bond acceptors (Lipinski definition) is 7. The fourth-order valence-corrected chi connectivity index (χ4v) is 7.09. The van der Waals surface area contributed by atoms with E-state index in [2.05, 4.69) is 5.32 Å². The molecule has 0 saturated carbocycles. The number of hydrogen-bond donors (Lipinski definition) is 2. The third kappa shape index (κ3) is 5.87. The highest BCUT2D eigenvalue weighted by Gasteiger charge is 2.32. The highest BCUT2D eigenvalue weighted by molar-refractivity contribution is 7.18. The van der Waals surface area contributed by atoms with Crippen LogP contribution >= 0.6 is 11.3 Å². The number of fused-ring (bicyclic) bond motifs is 3. The van der Waals surface area contributed by atoms with Gasteiger partial charge in [0.05, 0.1) is 11.4 Å². The third-order valence-corrected chi connectivity index (χ3v) is 9.43. The third-order valence-electron chi connectivity index (χ3n) is 8.15. The Kier molecular flexibility index (Phi) is 8.06. The Hall–Kier alpha value is -3.70. The number of anilines is 1. The molecule has 6 rings (SSSR count). The van der Waals surface area contributed by atoms with Gasteiger partial charge in [-0.3, -0.25) is 9.59 Å². The number of likely N-dealkylation sites (tertiary alicyclic amines) is 1. The average molecular weight is 578 g/mol. The van der Waals surface area contributed by atoms with Gasteiger partial charge < -0.3 is 25.4 Å². The first-order valence-corrected chi connectivity index (χ1v) is 15.2. The maximum atomic E-state index is 13.4. The number of primary amides is 1. The molecule has 3 amide bonds. The number of piperidine rings is 1. The molecule has 3 N–H and O–H groups in total. The number of benzene rings is 1. The summed E-state index contributed by atoms with van der Waals surface area (Å²) in [6, 6.07) is 9.55. The number of rotatable bonds is 6. The Morgan fingerprint density at radius 3 is 2.61 bits per heavy atom. The van der Waals surface area contributed by atoms with E-state index < -0.39 is 5.91 Å². The van der Waals surface area contributed by atoms with Crippen molar-refractivity contribution in [2.24, 2.45) is 11.7 Å². The Labute approximate surface area is 242 Å². The molecule has 3 aliphatic rings. The number of ether oxygens (including phenoxy) is 2. The molecule has 0 spiro atoms. The second-order valence-electron chi connectivity index (χ2n) is 10.9. The maximum absolute atomic E-state index is 13.4. The van der Waals surface area contributed by atoms with E-state index in [9.17, 15) is 14.4 Å². The zero-order valence-electron chi connectivity index (χ0n) is 23.0. The van der Waals surface area contributed by atoms with Crippen LogP contribution in [0.5, 0.6) is 0 Å². The molecule has 2 fully saturated rings. The van der Waals surface area contributed by atoms with Gasteiger partial charge in [-0.2, -0.15) is 5.10 Å².